The molecular formula is C21H27FN4O5. The van der Waals surface area contributed by atoms with E-state index in [-0.39, 0.29) is 31.0 Å². The second-order valence-corrected chi connectivity index (χ2v) is 7.01. The molecule has 9 nitrogen and oxygen atoms in total. The largest absolute Gasteiger partial charge is 0.455 e. The van der Waals surface area contributed by atoms with Gasteiger partial charge in [-0.15, -0.1) is 0 Å². The van der Waals surface area contributed by atoms with Crippen molar-refractivity contribution in [2.45, 2.75) is 46.1 Å². The number of benzene rings is 1. The van der Waals surface area contributed by atoms with Crippen LogP contribution in [-0.4, -0.2) is 34.6 Å². The van der Waals surface area contributed by atoms with Gasteiger partial charge in [-0.1, -0.05) is 32.4 Å². The predicted molar refractivity (Wildman–Crippen MR) is 114 cm³/mol. The third kappa shape index (κ3) is 6.27. The quantitative estimate of drug-likeness (QED) is 0.547. The van der Waals surface area contributed by atoms with Crippen molar-refractivity contribution in [3.05, 3.63) is 56.5 Å². The van der Waals surface area contributed by atoms with Crippen molar-refractivity contribution in [3.63, 3.8) is 0 Å². The number of amides is 1. The molecule has 168 valence electrons. The van der Waals surface area contributed by atoms with Crippen molar-refractivity contribution in [1.82, 2.24) is 9.55 Å². The summed E-state index contributed by atoms with van der Waals surface area (Å²) in [5.41, 5.74) is 5.03. The molecule has 0 atom stereocenters. The van der Waals surface area contributed by atoms with Crippen molar-refractivity contribution in [1.29, 1.82) is 0 Å². The SMILES string of the molecule is CCCCN(C(=O)COC(=O)Cc1ccc(F)cc1)c1c(N)n(CCC)c(=O)[nH]c1=O. The lowest BCUT2D eigenvalue weighted by Crippen LogP contribution is -2.43. The second-order valence-electron chi connectivity index (χ2n) is 7.01. The first-order valence-corrected chi connectivity index (χ1v) is 10.1. The van der Waals surface area contributed by atoms with Crippen LogP contribution in [0.2, 0.25) is 0 Å². The zero-order valence-electron chi connectivity index (χ0n) is 17.7. The van der Waals surface area contributed by atoms with Gasteiger partial charge in [-0.05, 0) is 30.5 Å². The van der Waals surface area contributed by atoms with Crippen molar-refractivity contribution in [3.8, 4) is 0 Å². The fourth-order valence-electron chi connectivity index (χ4n) is 3.00. The Kier molecular flexibility index (Phi) is 8.53. The number of carbonyl (C=O) groups is 2. The zero-order valence-corrected chi connectivity index (χ0v) is 17.7. The minimum Gasteiger partial charge on any atom is -0.455 e. The summed E-state index contributed by atoms with van der Waals surface area (Å²) in [6.07, 6.45) is 1.77. The lowest BCUT2D eigenvalue weighted by atomic mass is 10.1. The van der Waals surface area contributed by atoms with Crippen LogP contribution in [0, 0.1) is 5.82 Å². The Bertz CT molecular complexity index is 1030. The van der Waals surface area contributed by atoms with Gasteiger partial charge in [-0.2, -0.15) is 0 Å². The Morgan fingerprint density at radius 3 is 2.45 bits per heavy atom. The standard InChI is InChI=1S/C21H27FN4O5/c1-3-5-11-25(18-19(23)26(10-4-2)21(30)24-20(18)29)16(27)13-31-17(28)12-14-6-8-15(22)9-7-14/h6-9H,3-5,10-13,23H2,1-2H3,(H,24,29,30). The lowest BCUT2D eigenvalue weighted by Gasteiger charge is -2.24. The van der Waals surface area contributed by atoms with Crippen LogP contribution in [0.5, 0.6) is 0 Å². The van der Waals surface area contributed by atoms with Crippen LogP contribution in [-0.2, 0) is 27.3 Å². The molecule has 0 radical (unpaired) electrons. The number of nitrogens with two attached hydrogens (primary N) is 1. The summed E-state index contributed by atoms with van der Waals surface area (Å²) >= 11 is 0. The Morgan fingerprint density at radius 1 is 1.16 bits per heavy atom. The number of carbonyl (C=O) groups excluding carboxylic acids is 2. The third-order valence-electron chi connectivity index (χ3n) is 4.59. The minimum absolute atomic E-state index is 0.113. The molecule has 0 saturated heterocycles. The molecule has 0 aliphatic heterocycles. The van der Waals surface area contributed by atoms with Crippen LogP contribution in [0.1, 0.15) is 38.7 Å². The summed E-state index contributed by atoms with van der Waals surface area (Å²) in [6.45, 7) is 3.60. The van der Waals surface area contributed by atoms with Gasteiger partial charge in [0.1, 0.15) is 11.6 Å². The maximum absolute atomic E-state index is 13.0. The van der Waals surface area contributed by atoms with E-state index in [1.807, 2.05) is 13.8 Å². The van der Waals surface area contributed by atoms with E-state index in [2.05, 4.69) is 4.98 Å². The number of nitrogen functional groups attached to an aromatic ring is 1. The molecule has 0 bridgehead atoms. The maximum Gasteiger partial charge on any atom is 0.330 e. The third-order valence-corrected chi connectivity index (χ3v) is 4.59. The molecule has 0 aliphatic carbocycles. The normalized spacial score (nSPS) is 10.7. The van der Waals surface area contributed by atoms with Gasteiger partial charge in [0.05, 0.1) is 6.42 Å². The van der Waals surface area contributed by atoms with Gasteiger partial charge in [0.2, 0.25) is 0 Å². The highest BCUT2D eigenvalue weighted by atomic mass is 19.1. The van der Waals surface area contributed by atoms with Crippen LogP contribution in [0.3, 0.4) is 0 Å². The van der Waals surface area contributed by atoms with Gasteiger partial charge in [0, 0.05) is 13.1 Å². The number of hydrogen-bond acceptors (Lipinski definition) is 6. The molecule has 10 heteroatoms. The van der Waals surface area contributed by atoms with Gasteiger partial charge < -0.3 is 15.4 Å². The molecule has 1 aromatic heterocycles. The number of aromatic amines is 1. The van der Waals surface area contributed by atoms with Gasteiger partial charge in [-0.25, -0.2) is 9.18 Å². The Hall–Kier alpha value is -3.43. The van der Waals surface area contributed by atoms with E-state index in [0.717, 1.165) is 11.3 Å². The molecule has 31 heavy (non-hydrogen) atoms. The molecule has 0 spiro atoms. The lowest BCUT2D eigenvalue weighted by molar-refractivity contribution is -0.147. The van der Waals surface area contributed by atoms with Crippen LogP contribution in [0.4, 0.5) is 15.9 Å². The van der Waals surface area contributed by atoms with E-state index in [1.165, 1.54) is 28.8 Å². The first-order chi connectivity index (χ1) is 14.8. The number of anilines is 2. The molecule has 1 aromatic carbocycles. The summed E-state index contributed by atoms with van der Waals surface area (Å²) in [6, 6.07) is 5.34. The number of ether oxygens (including phenoxy) is 1. The number of esters is 1. The van der Waals surface area contributed by atoms with Crippen LogP contribution in [0.25, 0.3) is 0 Å². The number of hydrogen-bond donors (Lipinski definition) is 2. The number of nitrogens with zero attached hydrogens (tertiary/aromatic N) is 2. The van der Waals surface area contributed by atoms with Crippen molar-refractivity contribution in [2.24, 2.45) is 0 Å². The Morgan fingerprint density at radius 2 is 1.84 bits per heavy atom. The number of nitrogens with one attached hydrogen (secondary N) is 1. The van der Waals surface area contributed by atoms with E-state index in [4.69, 9.17) is 10.5 Å². The van der Waals surface area contributed by atoms with Crippen molar-refractivity contribution in [2.75, 3.05) is 23.8 Å². The summed E-state index contributed by atoms with van der Waals surface area (Å²) in [4.78, 5) is 52.7. The molecule has 0 fully saturated rings. The van der Waals surface area contributed by atoms with Gasteiger partial charge in [0.25, 0.3) is 11.5 Å². The van der Waals surface area contributed by atoms with Gasteiger partial charge in [-0.3, -0.25) is 23.9 Å². The molecule has 0 unspecified atom stereocenters. The first-order valence-electron chi connectivity index (χ1n) is 10.1. The van der Waals surface area contributed by atoms with Crippen LogP contribution in [0.15, 0.2) is 33.9 Å². The van der Waals surface area contributed by atoms with Crippen LogP contribution < -0.4 is 21.9 Å². The fraction of sp³-hybridized carbons (Fsp3) is 0.429. The summed E-state index contributed by atoms with van der Waals surface area (Å²) in [5, 5.41) is 0. The number of rotatable bonds is 10. The van der Waals surface area contributed by atoms with E-state index in [9.17, 15) is 23.6 Å². The summed E-state index contributed by atoms with van der Waals surface area (Å²) in [5.74, 6) is -1.85. The number of H-pyrrole nitrogens is 1. The average Bonchev–Trinajstić information content (AvgIpc) is 2.73. The summed E-state index contributed by atoms with van der Waals surface area (Å²) in [7, 11) is 0. The number of aromatic nitrogens is 2. The molecule has 1 amide bonds. The van der Waals surface area contributed by atoms with Gasteiger partial charge in [0.15, 0.2) is 12.3 Å². The molecule has 2 rings (SSSR count). The van der Waals surface area contributed by atoms with Crippen LogP contribution >= 0.6 is 0 Å². The van der Waals surface area contributed by atoms with E-state index < -0.39 is 35.5 Å². The predicted octanol–water partition coefficient (Wildman–Crippen LogP) is 1.59. The Balaban J connectivity index is 2.20. The smallest absolute Gasteiger partial charge is 0.330 e. The zero-order chi connectivity index (χ0) is 23.0. The number of halogens is 1. The van der Waals surface area contributed by atoms with E-state index in [1.54, 1.807) is 0 Å². The molecule has 1 heterocycles. The van der Waals surface area contributed by atoms with Crippen molar-refractivity contribution >= 4 is 23.4 Å². The molecular weight excluding hydrogens is 407 g/mol. The minimum atomic E-state index is -0.781. The maximum atomic E-state index is 13.0. The molecule has 0 saturated carbocycles. The number of unbranched alkanes of at least 4 members (excludes halogenated alkanes) is 1. The molecule has 2 aromatic rings. The highest BCUT2D eigenvalue weighted by Gasteiger charge is 2.24. The average molecular weight is 434 g/mol. The van der Waals surface area contributed by atoms with Gasteiger partial charge >= 0.3 is 11.7 Å². The topological polar surface area (TPSA) is 127 Å². The first kappa shape index (κ1) is 23.8. The highest BCUT2D eigenvalue weighted by Crippen LogP contribution is 2.18. The Labute approximate surface area is 178 Å². The molecule has 0 aliphatic rings. The second kappa shape index (κ2) is 11.1. The fourth-order valence-corrected chi connectivity index (χ4v) is 3.00. The van der Waals surface area contributed by atoms with Crippen molar-refractivity contribution < 1.29 is 18.7 Å². The molecule has 3 N–H and O–H groups in total. The summed E-state index contributed by atoms with van der Waals surface area (Å²) < 4.78 is 19.2. The van der Waals surface area contributed by atoms with E-state index >= 15 is 0 Å². The highest BCUT2D eigenvalue weighted by molar-refractivity contribution is 5.97. The monoisotopic (exact) mass is 434 g/mol. The van der Waals surface area contributed by atoms with E-state index in [0.29, 0.717) is 18.4 Å².